The van der Waals surface area contributed by atoms with Crippen molar-refractivity contribution in [1.29, 1.82) is 0 Å². The first-order valence-corrected chi connectivity index (χ1v) is 7.61. The summed E-state index contributed by atoms with van der Waals surface area (Å²) >= 11 is 0. The van der Waals surface area contributed by atoms with Crippen LogP contribution in [0.15, 0.2) is 50.2 Å². The molecular formula is C19H18O5. The van der Waals surface area contributed by atoms with Gasteiger partial charge in [0.05, 0.1) is 17.1 Å². The lowest BCUT2D eigenvalue weighted by atomic mass is 9.97. The van der Waals surface area contributed by atoms with Crippen molar-refractivity contribution in [2.75, 3.05) is 0 Å². The Balaban J connectivity index is 2.27. The highest BCUT2D eigenvalue weighted by Crippen LogP contribution is 2.32. The van der Waals surface area contributed by atoms with E-state index in [0.717, 1.165) is 5.56 Å². The van der Waals surface area contributed by atoms with Crippen LogP contribution in [-0.2, 0) is 4.79 Å². The number of benzene rings is 1. The van der Waals surface area contributed by atoms with E-state index in [-0.39, 0.29) is 11.5 Å². The van der Waals surface area contributed by atoms with E-state index in [0.29, 0.717) is 16.7 Å². The molecule has 0 aliphatic rings. The fraction of sp³-hybridized carbons (Fsp3) is 0.263. The molecule has 0 aliphatic heterocycles. The van der Waals surface area contributed by atoms with Crippen LogP contribution in [0.1, 0.15) is 26.3 Å². The number of ether oxygens (including phenoxy) is 1. The van der Waals surface area contributed by atoms with Gasteiger partial charge in [0.25, 0.3) is 0 Å². The van der Waals surface area contributed by atoms with Crippen molar-refractivity contribution in [2.24, 2.45) is 5.41 Å². The van der Waals surface area contributed by atoms with Gasteiger partial charge in [0.2, 0.25) is 16.9 Å². The summed E-state index contributed by atoms with van der Waals surface area (Å²) < 4.78 is 16.6. The van der Waals surface area contributed by atoms with Crippen molar-refractivity contribution in [3.8, 4) is 17.3 Å². The highest BCUT2D eigenvalue weighted by atomic mass is 16.5. The van der Waals surface area contributed by atoms with E-state index < -0.39 is 16.8 Å². The molecule has 0 bridgehead atoms. The smallest absolute Gasteiger partial charge is 0.316 e. The molecular weight excluding hydrogens is 308 g/mol. The number of aryl methyl sites for hydroxylation is 1. The Labute approximate surface area is 138 Å². The maximum atomic E-state index is 12.9. The van der Waals surface area contributed by atoms with Gasteiger partial charge in [0.15, 0.2) is 5.76 Å². The first-order valence-electron chi connectivity index (χ1n) is 7.61. The molecule has 24 heavy (non-hydrogen) atoms. The van der Waals surface area contributed by atoms with Gasteiger partial charge in [-0.1, -0.05) is 11.6 Å². The van der Waals surface area contributed by atoms with Crippen LogP contribution >= 0.6 is 0 Å². The fourth-order valence-electron chi connectivity index (χ4n) is 2.20. The third-order valence-electron chi connectivity index (χ3n) is 3.56. The van der Waals surface area contributed by atoms with Gasteiger partial charge in [-0.15, -0.1) is 0 Å². The van der Waals surface area contributed by atoms with Crippen LogP contribution in [0, 0.1) is 12.3 Å². The average molecular weight is 326 g/mol. The molecule has 5 nitrogen and oxygen atoms in total. The van der Waals surface area contributed by atoms with Gasteiger partial charge in [0.1, 0.15) is 5.58 Å². The predicted molar refractivity (Wildman–Crippen MR) is 90.0 cm³/mol. The van der Waals surface area contributed by atoms with Gasteiger partial charge in [-0.25, -0.2) is 0 Å². The standard InChI is InChI=1S/C19H18O5/c1-11-7-8-13-12(10-11)15(20)17(24-18(21)19(2,3)4)16(23-13)14-6-5-9-22-14/h5-10H,1-4H3. The SMILES string of the molecule is Cc1ccc2oc(-c3ccco3)c(OC(=O)C(C)(C)C)c(=O)c2c1. The average Bonchev–Trinajstić information content (AvgIpc) is 3.03. The lowest BCUT2D eigenvalue weighted by molar-refractivity contribution is -0.143. The second-order valence-corrected chi connectivity index (χ2v) is 6.71. The summed E-state index contributed by atoms with van der Waals surface area (Å²) in [5, 5.41) is 0.363. The Morgan fingerprint density at radius 1 is 1.17 bits per heavy atom. The van der Waals surface area contributed by atoms with Gasteiger partial charge in [-0.2, -0.15) is 0 Å². The van der Waals surface area contributed by atoms with Crippen LogP contribution in [0.3, 0.4) is 0 Å². The topological polar surface area (TPSA) is 69.7 Å². The van der Waals surface area contributed by atoms with Crippen molar-refractivity contribution in [3.63, 3.8) is 0 Å². The molecule has 0 aliphatic carbocycles. The molecule has 0 fully saturated rings. The highest BCUT2D eigenvalue weighted by Gasteiger charge is 2.28. The summed E-state index contributed by atoms with van der Waals surface area (Å²) in [4.78, 5) is 25.2. The number of carbonyl (C=O) groups is 1. The van der Waals surface area contributed by atoms with Gasteiger partial charge in [-0.05, 0) is 52.0 Å². The van der Waals surface area contributed by atoms with Crippen LogP contribution in [0.2, 0.25) is 0 Å². The van der Waals surface area contributed by atoms with Crippen molar-refractivity contribution in [3.05, 3.63) is 52.4 Å². The van der Waals surface area contributed by atoms with Crippen LogP contribution in [-0.4, -0.2) is 5.97 Å². The van der Waals surface area contributed by atoms with Gasteiger partial charge >= 0.3 is 5.97 Å². The Morgan fingerprint density at radius 2 is 1.92 bits per heavy atom. The number of esters is 1. The predicted octanol–water partition coefficient (Wildman–Crippen LogP) is 4.31. The van der Waals surface area contributed by atoms with Crippen LogP contribution in [0.25, 0.3) is 22.5 Å². The van der Waals surface area contributed by atoms with E-state index in [2.05, 4.69) is 0 Å². The van der Waals surface area contributed by atoms with Crippen molar-refractivity contribution in [1.82, 2.24) is 0 Å². The molecule has 1 aromatic carbocycles. The zero-order valence-corrected chi connectivity index (χ0v) is 14.0. The molecule has 0 saturated carbocycles. The quantitative estimate of drug-likeness (QED) is 0.656. The van der Waals surface area contributed by atoms with E-state index in [4.69, 9.17) is 13.6 Å². The van der Waals surface area contributed by atoms with E-state index in [1.54, 1.807) is 45.0 Å². The minimum Gasteiger partial charge on any atom is -0.461 e. The number of carbonyl (C=O) groups excluding carboxylic acids is 1. The molecule has 0 unspecified atom stereocenters. The van der Waals surface area contributed by atoms with E-state index >= 15 is 0 Å². The summed E-state index contributed by atoms with van der Waals surface area (Å²) in [6, 6.07) is 8.59. The van der Waals surface area contributed by atoms with Crippen LogP contribution < -0.4 is 10.2 Å². The fourth-order valence-corrected chi connectivity index (χ4v) is 2.20. The molecule has 124 valence electrons. The largest absolute Gasteiger partial charge is 0.461 e. The summed E-state index contributed by atoms with van der Waals surface area (Å²) in [6.45, 7) is 7.03. The van der Waals surface area contributed by atoms with Gasteiger partial charge < -0.3 is 13.6 Å². The minimum absolute atomic E-state index is 0.110. The maximum absolute atomic E-state index is 12.9. The number of fused-ring (bicyclic) bond motifs is 1. The monoisotopic (exact) mass is 326 g/mol. The molecule has 3 aromatic rings. The Bertz CT molecular complexity index is 956. The second kappa shape index (κ2) is 5.67. The summed E-state index contributed by atoms with van der Waals surface area (Å²) in [5.41, 5.74) is 0.166. The first kappa shape index (κ1) is 16.1. The van der Waals surface area contributed by atoms with Gasteiger partial charge in [0, 0.05) is 0 Å². The summed E-state index contributed by atoms with van der Waals surface area (Å²) in [6.07, 6.45) is 1.46. The third kappa shape index (κ3) is 2.85. The van der Waals surface area contributed by atoms with Crippen molar-refractivity contribution >= 4 is 16.9 Å². The third-order valence-corrected chi connectivity index (χ3v) is 3.56. The molecule has 0 atom stereocenters. The Hall–Kier alpha value is -2.82. The lowest BCUT2D eigenvalue weighted by Crippen LogP contribution is -2.28. The normalized spacial score (nSPS) is 11.7. The van der Waals surface area contributed by atoms with Crippen LogP contribution in [0.5, 0.6) is 5.75 Å². The molecule has 0 saturated heterocycles. The Kier molecular flexibility index (Phi) is 3.79. The van der Waals surface area contributed by atoms with E-state index in [1.165, 1.54) is 6.26 Å². The highest BCUT2D eigenvalue weighted by molar-refractivity contribution is 5.85. The number of hydrogen-bond donors (Lipinski definition) is 0. The zero-order valence-electron chi connectivity index (χ0n) is 14.0. The van der Waals surface area contributed by atoms with Crippen molar-refractivity contribution < 1.29 is 18.4 Å². The molecule has 3 rings (SSSR count). The second-order valence-electron chi connectivity index (χ2n) is 6.71. The minimum atomic E-state index is -0.756. The molecule has 0 amide bonds. The first-order chi connectivity index (χ1) is 11.3. The molecule has 0 radical (unpaired) electrons. The van der Waals surface area contributed by atoms with Gasteiger partial charge in [-0.3, -0.25) is 9.59 Å². The molecule has 0 N–H and O–H groups in total. The van der Waals surface area contributed by atoms with Crippen molar-refractivity contribution in [2.45, 2.75) is 27.7 Å². The van der Waals surface area contributed by atoms with E-state index in [9.17, 15) is 9.59 Å². The maximum Gasteiger partial charge on any atom is 0.316 e. The number of furan rings is 1. The molecule has 2 aromatic heterocycles. The van der Waals surface area contributed by atoms with Crippen LogP contribution in [0.4, 0.5) is 0 Å². The lowest BCUT2D eigenvalue weighted by Gasteiger charge is -2.17. The Morgan fingerprint density at radius 3 is 2.54 bits per heavy atom. The summed E-state index contributed by atoms with van der Waals surface area (Å²) in [5.74, 6) is -0.233. The molecule has 0 spiro atoms. The molecule has 5 heteroatoms. The number of hydrogen-bond acceptors (Lipinski definition) is 5. The molecule has 2 heterocycles. The summed E-state index contributed by atoms with van der Waals surface area (Å²) in [7, 11) is 0. The van der Waals surface area contributed by atoms with E-state index in [1.807, 2.05) is 13.0 Å². The number of rotatable bonds is 2. The zero-order chi connectivity index (χ0) is 17.5.